The highest BCUT2D eigenvalue weighted by Crippen LogP contribution is 2.28. The van der Waals surface area contributed by atoms with Gasteiger partial charge in [-0.25, -0.2) is 4.79 Å². The van der Waals surface area contributed by atoms with Crippen molar-refractivity contribution in [1.29, 1.82) is 0 Å². The molecule has 1 aromatic heterocycles. The molecular weight excluding hydrogens is 636 g/mol. The Kier molecular flexibility index (Phi) is 13.0. The number of ether oxygens (including phenoxy) is 2. The maximum Gasteiger partial charge on any atom is 0.344 e. The smallest absolute Gasteiger partial charge is 0.344 e. The largest absolute Gasteiger partial charge is 0.481 e. The van der Waals surface area contributed by atoms with Gasteiger partial charge in [-0.15, -0.1) is 5.10 Å². The Balaban J connectivity index is 1.42. The number of para-hydroxylation sites is 1. The van der Waals surface area contributed by atoms with Crippen LogP contribution in [-0.2, 0) is 32.1 Å². The number of carbonyl (C=O) groups is 4. The number of hydrogen-bond donors (Lipinski definition) is 1. The predicted octanol–water partition coefficient (Wildman–Crippen LogP) is 4.74. The van der Waals surface area contributed by atoms with Gasteiger partial charge >= 0.3 is 5.97 Å². The quantitative estimate of drug-likeness (QED) is 0.389. The maximum atomic E-state index is 14.3. The van der Waals surface area contributed by atoms with Gasteiger partial charge in [-0.3, -0.25) is 19.1 Å². The van der Waals surface area contributed by atoms with Crippen LogP contribution in [0.2, 0.25) is 0 Å². The summed E-state index contributed by atoms with van der Waals surface area (Å²) in [5.41, 5.74) is 1.96. The van der Waals surface area contributed by atoms with Gasteiger partial charge in [0.1, 0.15) is 23.5 Å². The fraction of sp³-hybridized carbons (Fsp3) is 0.526. The zero-order valence-electron chi connectivity index (χ0n) is 29.5. The van der Waals surface area contributed by atoms with Crippen LogP contribution in [0, 0.1) is 5.92 Å². The zero-order valence-corrected chi connectivity index (χ0v) is 29.5. The molecule has 5 rings (SSSR count). The van der Waals surface area contributed by atoms with Crippen molar-refractivity contribution in [3.05, 3.63) is 77.6 Å². The topological polar surface area (TPSA) is 136 Å². The fourth-order valence-electron chi connectivity index (χ4n) is 6.71. The molecular formula is C38H50N6O6. The molecule has 1 saturated heterocycles. The third kappa shape index (κ3) is 9.70. The minimum atomic E-state index is -0.867. The van der Waals surface area contributed by atoms with Gasteiger partial charge in [-0.1, -0.05) is 80.8 Å². The summed E-state index contributed by atoms with van der Waals surface area (Å²) in [6.45, 7) is 5.03. The van der Waals surface area contributed by atoms with E-state index in [1.54, 1.807) is 41.1 Å². The van der Waals surface area contributed by atoms with Crippen LogP contribution in [-0.4, -0.2) is 87.4 Å². The number of benzene rings is 2. The van der Waals surface area contributed by atoms with Gasteiger partial charge in [0.25, 0.3) is 5.91 Å². The van der Waals surface area contributed by atoms with Crippen molar-refractivity contribution in [2.75, 3.05) is 26.8 Å². The molecule has 1 N–H and O–H groups in total. The van der Waals surface area contributed by atoms with Gasteiger partial charge in [0.05, 0.1) is 24.4 Å². The number of cyclic esters (lactones) is 1. The molecule has 0 saturated carbocycles. The molecule has 3 amide bonds. The third-order valence-corrected chi connectivity index (χ3v) is 9.39. The van der Waals surface area contributed by atoms with Gasteiger partial charge in [0.2, 0.25) is 11.8 Å². The molecule has 2 aliphatic rings. The van der Waals surface area contributed by atoms with E-state index in [1.807, 2.05) is 55.1 Å². The lowest BCUT2D eigenvalue weighted by atomic mass is 10.00. The van der Waals surface area contributed by atoms with Crippen LogP contribution in [0.3, 0.4) is 0 Å². The molecule has 0 aliphatic carbocycles. The van der Waals surface area contributed by atoms with Gasteiger partial charge in [0.15, 0.2) is 6.61 Å². The van der Waals surface area contributed by atoms with Crippen LogP contribution in [0.5, 0.6) is 5.75 Å². The highest BCUT2D eigenvalue weighted by Gasteiger charge is 2.41. The highest BCUT2D eigenvalue weighted by molar-refractivity contribution is 6.00. The minimum absolute atomic E-state index is 0.0823. The molecule has 2 aromatic carbocycles. The summed E-state index contributed by atoms with van der Waals surface area (Å²) >= 11 is 0. The first-order valence-corrected chi connectivity index (χ1v) is 17.9. The minimum Gasteiger partial charge on any atom is -0.481 e. The molecule has 12 heteroatoms. The summed E-state index contributed by atoms with van der Waals surface area (Å²) in [7, 11) is 1.78. The first kappa shape index (κ1) is 36.5. The normalized spacial score (nSPS) is 22.1. The van der Waals surface area contributed by atoms with Crippen LogP contribution < -0.4 is 10.1 Å². The van der Waals surface area contributed by atoms with Crippen molar-refractivity contribution < 1.29 is 28.7 Å². The molecule has 3 aromatic rings. The number of aryl methyl sites for hydroxylation is 1. The Morgan fingerprint density at radius 1 is 0.860 bits per heavy atom. The van der Waals surface area contributed by atoms with Gasteiger partial charge in [-0.2, -0.15) is 0 Å². The van der Waals surface area contributed by atoms with Crippen molar-refractivity contribution >= 4 is 23.7 Å². The lowest BCUT2D eigenvalue weighted by Crippen LogP contribution is -2.54. The van der Waals surface area contributed by atoms with E-state index in [-0.39, 0.29) is 35.7 Å². The Morgan fingerprint density at radius 2 is 1.60 bits per heavy atom. The molecule has 268 valence electrons. The van der Waals surface area contributed by atoms with E-state index in [2.05, 4.69) is 15.6 Å². The van der Waals surface area contributed by atoms with E-state index in [0.717, 1.165) is 37.7 Å². The lowest BCUT2D eigenvalue weighted by molar-refractivity contribution is -0.146. The van der Waals surface area contributed by atoms with Crippen molar-refractivity contribution in [2.24, 2.45) is 5.92 Å². The van der Waals surface area contributed by atoms with E-state index < -0.39 is 30.0 Å². The summed E-state index contributed by atoms with van der Waals surface area (Å²) in [6, 6.07) is 14.7. The van der Waals surface area contributed by atoms with E-state index in [4.69, 9.17) is 9.47 Å². The second kappa shape index (κ2) is 17.8. The second-order valence-corrected chi connectivity index (χ2v) is 13.7. The number of nitrogens with one attached hydrogen (secondary N) is 1. The van der Waals surface area contributed by atoms with Crippen molar-refractivity contribution in [3.63, 3.8) is 0 Å². The van der Waals surface area contributed by atoms with E-state index in [9.17, 15) is 19.2 Å². The van der Waals surface area contributed by atoms with E-state index in [1.165, 1.54) is 0 Å². The Bertz CT molecular complexity index is 1590. The fourth-order valence-corrected chi connectivity index (χ4v) is 6.71. The Hall–Kier alpha value is -4.74. The van der Waals surface area contributed by atoms with Gasteiger partial charge < -0.3 is 24.6 Å². The van der Waals surface area contributed by atoms with Gasteiger partial charge in [-0.05, 0) is 62.1 Å². The van der Waals surface area contributed by atoms with Crippen molar-refractivity contribution in [1.82, 2.24) is 30.1 Å². The first-order chi connectivity index (χ1) is 24.2. The van der Waals surface area contributed by atoms with Crippen molar-refractivity contribution in [2.45, 2.75) is 96.3 Å². The summed E-state index contributed by atoms with van der Waals surface area (Å²) in [6.07, 6.45) is 8.58. The number of likely N-dealkylation sites (N-methyl/N-ethyl adjacent to an activating group) is 1. The van der Waals surface area contributed by atoms with Crippen LogP contribution >= 0.6 is 0 Å². The summed E-state index contributed by atoms with van der Waals surface area (Å²) in [4.78, 5) is 58.0. The molecule has 12 nitrogen and oxygen atoms in total. The van der Waals surface area contributed by atoms with Crippen LogP contribution in [0.1, 0.15) is 92.9 Å². The number of carbonyl (C=O) groups excluding carboxylic acids is 4. The average Bonchev–Trinajstić information content (AvgIpc) is 3.80. The third-order valence-electron chi connectivity index (χ3n) is 9.39. The molecule has 2 aliphatic heterocycles. The molecule has 2 bridgehead atoms. The molecule has 3 heterocycles. The summed E-state index contributed by atoms with van der Waals surface area (Å²) in [5, 5.41) is 11.9. The number of amides is 3. The second-order valence-electron chi connectivity index (χ2n) is 13.7. The first-order valence-electron chi connectivity index (χ1n) is 17.9. The lowest BCUT2D eigenvalue weighted by Gasteiger charge is -2.34. The molecule has 0 unspecified atom stereocenters. The van der Waals surface area contributed by atoms with Crippen LogP contribution in [0.4, 0.5) is 0 Å². The molecule has 50 heavy (non-hydrogen) atoms. The molecule has 0 spiro atoms. The maximum absolute atomic E-state index is 14.3. The number of hydrogen-bond acceptors (Lipinski definition) is 8. The summed E-state index contributed by atoms with van der Waals surface area (Å²) in [5.74, 6) is -1.17. The molecule has 0 radical (unpaired) electrons. The standard InChI is InChI=1S/C38H50N6O6/c1-27(2)23-30-37(47)44-21-14-18-32(44)38(48)42(3)33(24-28-15-8-7-9-16-28)31-25-43(41-40-31)20-12-5-4-6-13-22-49-35(45)26-50-34-19-11-10-17-29(34)36(46)39-30/h7-11,15-17,19,25,27,30,32-33H,4-6,12-14,18,20-24,26H2,1-3H3,(H,39,46)/t30-,32-,33+/m1/s1. The van der Waals surface area contributed by atoms with Crippen molar-refractivity contribution in [3.8, 4) is 5.75 Å². The predicted molar refractivity (Wildman–Crippen MR) is 187 cm³/mol. The number of esters is 1. The van der Waals surface area contributed by atoms with E-state index in [0.29, 0.717) is 51.1 Å². The number of aromatic nitrogens is 3. The number of rotatable bonds is 4. The molecule has 1 fully saturated rings. The van der Waals surface area contributed by atoms with Crippen LogP contribution in [0.15, 0.2) is 60.8 Å². The van der Waals surface area contributed by atoms with Gasteiger partial charge in [0, 0.05) is 20.1 Å². The highest BCUT2D eigenvalue weighted by atomic mass is 16.6. The van der Waals surface area contributed by atoms with E-state index >= 15 is 0 Å². The monoisotopic (exact) mass is 686 g/mol. The Morgan fingerprint density at radius 3 is 2.40 bits per heavy atom. The number of fused-ring (bicyclic) bond motifs is 4. The van der Waals surface area contributed by atoms with Crippen LogP contribution in [0.25, 0.3) is 0 Å². The average molecular weight is 687 g/mol. The summed E-state index contributed by atoms with van der Waals surface area (Å²) < 4.78 is 12.9. The zero-order chi connectivity index (χ0) is 35.5. The molecule has 3 atom stereocenters. The SMILES string of the molecule is CC(C)C[C@H]1NC(=O)c2ccccc2OCC(=O)OCCCCCCCn2cc(nn2)[C@H](Cc2ccccc2)N(C)C(=O)[C@H]2CCCN2C1=O. The number of nitrogens with zero attached hydrogens (tertiary/aromatic N) is 5. The Labute approximate surface area is 294 Å².